The van der Waals surface area contributed by atoms with Crippen LogP contribution >= 0.6 is 0 Å². The van der Waals surface area contributed by atoms with E-state index >= 15 is 0 Å². The zero-order chi connectivity index (χ0) is 11.6. The first-order valence-corrected chi connectivity index (χ1v) is 7.19. The third kappa shape index (κ3) is 5.31. The van der Waals surface area contributed by atoms with Crippen molar-refractivity contribution in [3.05, 3.63) is 0 Å². The first-order valence-electron chi connectivity index (χ1n) is 7.19. The lowest BCUT2D eigenvalue weighted by atomic mass is 9.90. The molecule has 1 rings (SSSR count). The van der Waals surface area contributed by atoms with Crippen molar-refractivity contribution < 1.29 is 4.74 Å². The van der Waals surface area contributed by atoms with E-state index in [9.17, 15) is 0 Å². The molecule has 1 N–H and O–H groups in total. The molecule has 2 atom stereocenters. The van der Waals surface area contributed by atoms with Gasteiger partial charge in [-0.2, -0.15) is 0 Å². The van der Waals surface area contributed by atoms with Gasteiger partial charge in [0, 0.05) is 12.6 Å². The monoisotopic (exact) mass is 227 g/mol. The molecular formula is C14H29NO. The number of hydrogen-bond acceptors (Lipinski definition) is 2. The van der Waals surface area contributed by atoms with Crippen LogP contribution in [-0.4, -0.2) is 25.8 Å². The van der Waals surface area contributed by atoms with Crippen LogP contribution in [0.2, 0.25) is 0 Å². The summed E-state index contributed by atoms with van der Waals surface area (Å²) in [5.74, 6) is 0.761. The average Bonchev–Trinajstić information content (AvgIpc) is 2.33. The standard InChI is InChI=1S/C14H29NO/c1-3-5-6-7-8-13-12-16-11-9-14(13)15-10-4-2/h13-15H,3-12H2,1-2H3. The molecule has 0 saturated carbocycles. The summed E-state index contributed by atoms with van der Waals surface area (Å²) in [4.78, 5) is 0. The van der Waals surface area contributed by atoms with Crippen molar-refractivity contribution in [1.29, 1.82) is 0 Å². The fraction of sp³-hybridized carbons (Fsp3) is 1.00. The van der Waals surface area contributed by atoms with Gasteiger partial charge in [-0.25, -0.2) is 0 Å². The smallest absolute Gasteiger partial charge is 0.0509 e. The molecule has 2 heteroatoms. The number of rotatable bonds is 8. The predicted molar refractivity (Wildman–Crippen MR) is 69.8 cm³/mol. The highest BCUT2D eigenvalue weighted by molar-refractivity contribution is 4.79. The highest BCUT2D eigenvalue weighted by Crippen LogP contribution is 2.21. The molecule has 0 bridgehead atoms. The molecule has 1 fully saturated rings. The lowest BCUT2D eigenvalue weighted by molar-refractivity contribution is 0.0278. The van der Waals surface area contributed by atoms with Crippen molar-refractivity contribution >= 4 is 0 Å². The zero-order valence-electron chi connectivity index (χ0n) is 11.1. The quantitative estimate of drug-likeness (QED) is 0.642. The van der Waals surface area contributed by atoms with Crippen molar-refractivity contribution in [3.8, 4) is 0 Å². The number of nitrogens with one attached hydrogen (secondary N) is 1. The summed E-state index contributed by atoms with van der Waals surface area (Å²) in [7, 11) is 0. The van der Waals surface area contributed by atoms with Gasteiger partial charge >= 0.3 is 0 Å². The molecule has 0 aromatic heterocycles. The summed E-state index contributed by atoms with van der Waals surface area (Å²) in [5.41, 5.74) is 0. The third-order valence-electron chi connectivity index (χ3n) is 3.56. The second-order valence-corrected chi connectivity index (χ2v) is 5.03. The maximum Gasteiger partial charge on any atom is 0.0509 e. The van der Waals surface area contributed by atoms with E-state index in [1.165, 1.54) is 44.9 Å². The number of unbranched alkanes of at least 4 members (excludes halogenated alkanes) is 3. The molecule has 0 amide bonds. The summed E-state index contributed by atoms with van der Waals surface area (Å²) < 4.78 is 5.61. The Balaban J connectivity index is 2.18. The van der Waals surface area contributed by atoms with Crippen molar-refractivity contribution in [2.24, 2.45) is 5.92 Å². The Labute approximate surface area is 101 Å². The fourth-order valence-electron chi connectivity index (χ4n) is 2.51. The zero-order valence-corrected chi connectivity index (χ0v) is 11.1. The molecule has 0 aromatic rings. The Hall–Kier alpha value is -0.0800. The molecule has 2 nitrogen and oxygen atoms in total. The van der Waals surface area contributed by atoms with E-state index in [1.807, 2.05) is 0 Å². The Morgan fingerprint density at radius 3 is 2.75 bits per heavy atom. The molecule has 16 heavy (non-hydrogen) atoms. The van der Waals surface area contributed by atoms with Crippen LogP contribution in [0.4, 0.5) is 0 Å². The molecule has 0 radical (unpaired) electrons. The molecule has 0 aliphatic carbocycles. The van der Waals surface area contributed by atoms with Crippen LogP contribution in [0.3, 0.4) is 0 Å². The molecule has 1 heterocycles. The van der Waals surface area contributed by atoms with Gasteiger partial charge in [0.1, 0.15) is 0 Å². The van der Waals surface area contributed by atoms with Crippen molar-refractivity contribution in [1.82, 2.24) is 5.32 Å². The van der Waals surface area contributed by atoms with E-state index in [0.29, 0.717) is 0 Å². The molecule has 1 saturated heterocycles. The van der Waals surface area contributed by atoms with Crippen molar-refractivity contribution in [2.45, 2.75) is 64.8 Å². The van der Waals surface area contributed by atoms with Gasteiger partial charge in [0.25, 0.3) is 0 Å². The molecule has 0 aromatic carbocycles. The second kappa shape index (κ2) is 9.00. The molecule has 1 aliphatic heterocycles. The molecule has 1 aliphatic rings. The minimum Gasteiger partial charge on any atom is -0.381 e. The first kappa shape index (κ1) is 14.0. The minimum absolute atomic E-state index is 0.718. The first-order chi connectivity index (χ1) is 7.88. The van der Waals surface area contributed by atoms with E-state index in [1.54, 1.807) is 0 Å². The lowest BCUT2D eigenvalue weighted by Gasteiger charge is -2.32. The maximum atomic E-state index is 5.61. The minimum atomic E-state index is 0.718. The normalized spacial score (nSPS) is 25.9. The van der Waals surface area contributed by atoms with Gasteiger partial charge in [-0.15, -0.1) is 0 Å². The van der Waals surface area contributed by atoms with Crippen molar-refractivity contribution in [3.63, 3.8) is 0 Å². The summed E-state index contributed by atoms with van der Waals surface area (Å²) in [5, 5.41) is 3.68. The van der Waals surface area contributed by atoms with Crippen LogP contribution in [0, 0.1) is 5.92 Å². The largest absolute Gasteiger partial charge is 0.381 e. The van der Waals surface area contributed by atoms with E-state index in [4.69, 9.17) is 4.74 Å². The SMILES string of the molecule is CCCCCCC1COCCC1NCCC. The van der Waals surface area contributed by atoms with E-state index in [2.05, 4.69) is 19.2 Å². The van der Waals surface area contributed by atoms with Crippen LogP contribution in [0.1, 0.15) is 58.8 Å². The Morgan fingerprint density at radius 1 is 1.12 bits per heavy atom. The number of hydrogen-bond donors (Lipinski definition) is 1. The highest BCUT2D eigenvalue weighted by Gasteiger charge is 2.24. The van der Waals surface area contributed by atoms with Crippen LogP contribution < -0.4 is 5.32 Å². The average molecular weight is 227 g/mol. The third-order valence-corrected chi connectivity index (χ3v) is 3.56. The van der Waals surface area contributed by atoms with Gasteiger partial charge in [0.05, 0.1) is 6.61 Å². The molecule has 96 valence electrons. The van der Waals surface area contributed by atoms with Gasteiger partial charge in [0.15, 0.2) is 0 Å². The van der Waals surface area contributed by atoms with Crippen LogP contribution in [0.25, 0.3) is 0 Å². The summed E-state index contributed by atoms with van der Waals surface area (Å²) in [6.07, 6.45) is 9.29. The van der Waals surface area contributed by atoms with Gasteiger partial charge < -0.3 is 10.1 Å². The maximum absolute atomic E-state index is 5.61. The van der Waals surface area contributed by atoms with Gasteiger partial charge in [-0.1, -0.05) is 39.5 Å². The highest BCUT2D eigenvalue weighted by atomic mass is 16.5. The Kier molecular flexibility index (Phi) is 7.87. The summed E-state index contributed by atoms with van der Waals surface area (Å²) in [6.45, 7) is 7.61. The van der Waals surface area contributed by atoms with Crippen LogP contribution in [-0.2, 0) is 4.74 Å². The number of ether oxygens (including phenoxy) is 1. The summed E-state index contributed by atoms with van der Waals surface area (Å²) >= 11 is 0. The molecule has 2 unspecified atom stereocenters. The second-order valence-electron chi connectivity index (χ2n) is 5.03. The topological polar surface area (TPSA) is 21.3 Å². The van der Waals surface area contributed by atoms with Crippen LogP contribution in [0.5, 0.6) is 0 Å². The van der Waals surface area contributed by atoms with E-state index in [-0.39, 0.29) is 0 Å². The van der Waals surface area contributed by atoms with Gasteiger partial charge in [-0.05, 0) is 31.7 Å². The molecule has 0 spiro atoms. The van der Waals surface area contributed by atoms with E-state index < -0.39 is 0 Å². The van der Waals surface area contributed by atoms with Gasteiger partial charge in [-0.3, -0.25) is 0 Å². The van der Waals surface area contributed by atoms with Crippen molar-refractivity contribution in [2.75, 3.05) is 19.8 Å². The lowest BCUT2D eigenvalue weighted by Crippen LogP contribution is -2.43. The molecular weight excluding hydrogens is 198 g/mol. The summed E-state index contributed by atoms with van der Waals surface area (Å²) in [6, 6.07) is 0.718. The Bertz CT molecular complexity index is 161. The van der Waals surface area contributed by atoms with Crippen LogP contribution in [0.15, 0.2) is 0 Å². The fourth-order valence-corrected chi connectivity index (χ4v) is 2.51. The van der Waals surface area contributed by atoms with Gasteiger partial charge in [0.2, 0.25) is 0 Å². The Morgan fingerprint density at radius 2 is 2.00 bits per heavy atom. The predicted octanol–water partition coefficient (Wildman–Crippen LogP) is 3.36. The van der Waals surface area contributed by atoms with E-state index in [0.717, 1.165) is 31.7 Å².